The number of hydrogen-bond acceptors (Lipinski definition) is 2. The summed E-state index contributed by atoms with van der Waals surface area (Å²) in [5.74, 6) is -2.11. The molecule has 80 valence electrons. The van der Waals surface area contributed by atoms with Gasteiger partial charge in [-0.15, -0.1) is 0 Å². The Balaban J connectivity index is 2.46. The van der Waals surface area contributed by atoms with Gasteiger partial charge in [-0.3, -0.25) is 4.79 Å². The molecule has 1 atom stereocenters. The van der Waals surface area contributed by atoms with E-state index >= 15 is 0 Å². The van der Waals surface area contributed by atoms with Crippen molar-refractivity contribution in [2.45, 2.75) is 19.4 Å². The number of nitrogens with one attached hydrogen (secondary N) is 1. The minimum Gasteiger partial charge on any atom is -0.488 e. The molecule has 1 aliphatic rings. The average Bonchev–Trinajstić information content (AvgIpc) is 2.24. The van der Waals surface area contributed by atoms with E-state index in [4.69, 9.17) is 4.74 Å². The average molecular weight is 213 g/mol. The zero-order valence-corrected chi connectivity index (χ0v) is 8.01. The van der Waals surface area contributed by atoms with Crippen molar-refractivity contribution in [1.29, 1.82) is 0 Å². The molecule has 15 heavy (non-hydrogen) atoms. The second kappa shape index (κ2) is 3.49. The normalized spacial score (nSPS) is 19.9. The van der Waals surface area contributed by atoms with E-state index in [9.17, 15) is 13.6 Å². The monoisotopic (exact) mass is 213 g/mol. The molecular weight excluding hydrogens is 204 g/mol. The van der Waals surface area contributed by atoms with Gasteiger partial charge in [0.1, 0.15) is 11.9 Å². The van der Waals surface area contributed by atoms with E-state index in [1.807, 2.05) is 0 Å². The molecule has 1 aliphatic heterocycles. The van der Waals surface area contributed by atoms with Crippen molar-refractivity contribution in [1.82, 2.24) is 0 Å². The molecule has 0 bridgehead atoms. The molecule has 1 aromatic rings. The van der Waals surface area contributed by atoms with E-state index in [0.717, 1.165) is 12.1 Å². The first-order chi connectivity index (χ1) is 7.06. The molecule has 1 aromatic carbocycles. The molecule has 2 rings (SSSR count). The molecule has 1 amide bonds. The van der Waals surface area contributed by atoms with Gasteiger partial charge in [0.05, 0.1) is 12.1 Å². The maximum absolute atomic E-state index is 12.9. The Morgan fingerprint density at radius 1 is 1.40 bits per heavy atom. The van der Waals surface area contributed by atoms with Gasteiger partial charge in [0.2, 0.25) is 5.91 Å². The van der Waals surface area contributed by atoms with Gasteiger partial charge in [-0.2, -0.15) is 0 Å². The molecule has 1 N–H and O–H groups in total. The molecule has 0 spiro atoms. The van der Waals surface area contributed by atoms with Crippen LogP contribution in [-0.2, 0) is 4.79 Å². The highest BCUT2D eigenvalue weighted by Crippen LogP contribution is 2.30. The lowest BCUT2D eigenvalue weighted by Crippen LogP contribution is -2.17. The molecule has 0 fully saturated rings. The van der Waals surface area contributed by atoms with Crippen LogP contribution in [0.5, 0.6) is 5.75 Å². The quantitative estimate of drug-likeness (QED) is 0.716. The predicted molar refractivity (Wildman–Crippen MR) is 49.7 cm³/mol. The molecule has 1 unspecified atom stereocenters. The highest BCUT2D eigenvalue weighted by atomic mass is 19.2. The molecule has 0 aliphatic carbocycles. The fourth-order valence-electron chi connectivity index (χ4n) is 1.44. The summed E-state index contributed by atoms with van der Waals surface area (Å²) in [5, 5.41) is 2.45. The van der Waals surface area contributed by atoms with Crippen LogP contribution in [0.1, 0.15) is 13.3 Å². The summed E-state index contributed by atoms with van der Waals surface area (Å²) in [6, 6.07) is 1.85. The van der Waals surface area contributed by atoms with E-state index in [1.54, 1.807) is 6.92 Å². The third-order valence-corrected chi connectivity index (χ3v) is 2.10. The first-order valence-corrected chi connectivity index (χ1v) is 4.52. The predicted octanol–water partition coefficient (Wildman–Crippen LogP) is 2.07. The Morgan fingerprint density at radius 2 is 2.07 bits per heavy atom. The standard InChI is InChI=1S/C10H9F2NO2/c1-5-2-10(14)13-8-3-6(11)7(12)4-9(8)15-5/h3-5H,2H2,1H3,(H,13,14). The Kier molecular flexibility index (Phi) is 2.30. The molecule has 0 saturated heterocycles. The molecule has 1 heterocycles. The summed E-state index contributed by atoms with van der Waals surface area (Å²) in [7, 11) is 0. The van der Waals surface area contributed by atoms with E-state index in [1.165, 1.54) is 0 Å². The summed E-state index contributed by atoms with van der Waals surface area (Å²) >= 11 is 0. The number of rotatable bonds is 0. The number of benzene rings is 1. The second-order valence-electron chi connectivity index (χ2n) is 3.44. The van der Waals surface area contributed by atoms with Crippen LogP contribution in [0.2, 0.25) is 0 Å². The fourth-order valence-corrected chi connectivity index (χ4v) is 1.44. The molecule has 0 saturated carbocycles. The highest BCUT2D eigenvalue weighted by molar-refractivity contribution is 5.93. The number of carbonyl (C=O) groups is 1. The largest absolute Gasteiger partial charge is 0.488 e. The van der Waals surface area contributed by atoms with Crippen molar-refractivity contribution in [2.75, 3.05) is 5.32 Å². The lowest BCUT2D eigenvalue weighted by molar-refractivity contribution is -0.117. The number of amides is 1. The minimum atomic E-state index is -1.01. The first kappa shape index (κ1) is 9.89. The van der Waals surface area contributed by atoms with Gasteiger partial charge in [-0.1, -0.05) is 0 Å². The summed E-state index contributed by atoms with van der Waals surface area (Å²) in [4.78, 5) is 11.2. The van der Waals surface area contributed by atoms with Crippen LogP contribution in [0.4, 0.5) is 14.5 Å². The third kappa shape index (κ3) is 1.91. The molecule has 3 nitrogen and oxygen atoms in total. The van der Waals surface area contributed by atoms with Gasteiger partial charge in [0.25, 0.3) is 0 Å². The van der Waals surface area contributed by atoms with E-state index in [2.05, 4.69) is 5.32 Å². The van der Waals surface area contributed by atoms with Crippen LogP contribution in [0.25, 0.3) is 0 Å². The number of fused-ring (bicyclic) bond motifs is 1. The minimum absolute atomic E-state index is 0.159. The Morgan fingerprint density at radius 3 is 2.80 bits per heavy atom. The van der Waals surface area contributed by atoms with Crippen molar-refractivity contribution in [3.05, 3.63) is 23.8 Å². The summed E-state index contributed by atoms with van der Waals surface area (Å²) in [6.45, 7) is 1.69. The summed E-state index contributed by atoms with van der Waals surface area (Å²) in [5.41, 5.74) is 0.170. The van der Waals surface area contributed by atoms with Crippen LogP contribution in [0.15, 0.2) is 12.1 Å². The molecular formula is C10H9F2NO2. The van der Waals surface area contributed by atoms with Gasteiger partial charge in [-0.05, 0) is 6.92 Å². The topological polar surface area (TPSA) is 38.3 Å². The molecule has 0 aromatic heterocycles. The van der Waals surface area contributed by atoms with Gasteiger partial charge in [0.15, 0.2) is 11.6 Å². The Bertz CT molecular complexity index is 420. The maximum Gasteiger partial charge on any atom is 0.228 e. The smallest absolute Gasteiger partial charge is 0.228 e. The van der Waals surface area contributed by atoms with Gasteiger partial charge in [0, 0.05) is 12.1 Å². The van der Waals surface area contributed by atoms with Gasteiger partial charge < -0.3 is 10.1 Å². The number of hydrogen-bond donors (Lipinski definition) is 1. The first-order valence-electron chi connectivity index (χ1n) is 4.52. The summed E-state index contributed by atoms with van der Waals surface area (Å²) in [6.07, 6.45) is -0.186. The number of ether oxygens (including phenoxy) is 1. The van der Waals surface area contributed by atoms with Gasteiger partial charge in [-0.25, -0.2) is 8.78 Å². The number of anilines is 1. The van der Waals surface area contributed by atoms with Crippen LogP contribution in [0.3, 0.4) is 0 Å². The maximum atomic E-state index is 12.9. The molecule has 0 radical (unpaired) electrons. The van der Waals surface area contributed by atoms with Crippen LogP contribution in [0, 0.1) is 11.6 Å². The zero-order chi connectivity index (χ0) is 11.0. The lowest BCUT2D eigenvalue weighted by Gasteiger charge is -2.11. The van der Waals surface area contributed by atoms with Crippen LogP contribution >= 0.6 is 0 Å². The second-order valence-corrected chi connectivity index (χ2v) is 3.44. The SMILES string of the molecule is CC1CC(=O)Nc2cc(F)c(F)cc2O1. The van der Waals surface area contributed by atoms with E-state index in [0.29, 0.717) is 0 Å². The Hall–Kier alpha value is -1.65. The highest BCUT2D eigenvalue weighted by Gasteiger charge is 2.21. The number of carbonyl (C=O) groups excluding carboxylic acids is 1. The zero-order valence-electron chi connectivity index (χ0n) is 8.01. The van der Waals surface area contributed by atoms with Crippen molar-refractivity contribution in [3.8, 4) is 5.75 Å². The van der Waals surface area contributed by atoms with Crippen molar-refractivity contribution in [3.63, 3.8) is 0 Å². The van der Waals surface area contributed by atoms with Crippen molar-refractivity contribution < 1.29 is 18.3 Å². The Labute approximate surface area is 85.0 Å². The molecule has 5 heteroatoms. The van der Waals surface area contributed by atoms with Gasteiger partial charge >= 0.3 is 0 Å². The van der Waals surface area contributed by atoms with E-state index < -0.39 is 11.6 Å². The summed E-state index contributed by atoms with van der Waals surface area (Å²) < 4.78 is 31.1. The van der Waals surface area contributed by atoms with E-state index in [-0.39, 0.29) is 29.9 Å². The van der Waals surface area contributed by atoms with Crippen LogP contribution < -0.4 is 10.1 Å². The third-order valence-electron chi connectivity index (χ3n) is 2.10. The van der Waals surface area contributed by atoms with Crippen molar-refractivity contribution >= 4 is 11.6 Å². The lowest BCUT2D eigenvalue weighted by atomic mass is 10.2. The fraction of sp³-hybridized carbons (Fsp3) is 0.300. The van der Waals surface area contributed by atoms with Crippen molar-refractivity contribution in [2.24, 2.45) is 0 Å². The number of halogens is 2. The van der Waals surface area contributed by atoms with Crippen LogP contribution in [-0.4, -0.2) is 12.0 Å².